The summed E-state index contributed by atoms with van der Waals surface area (Å²) in [5.41, 5.74) is 11.4. The lowest BCUT2D eigenvalue weighted by atomic mass is 9.97. The zero-order valence-electron chi connectivity index (χ0n) is 29.8. The van der Waals surface area contributed by atoms with E-state index in [1.807, 2.05) is 5.32 Å². The molecule has 0 aromatic heterocycles. The van der Waals surface area contributed by atoms with Gasteiger partial charge in [-0.1, -0.05) is 6.42 Å². The second-order valence-corrected chi connectivity index (χ2v) is 16.7. The van der Waals surface area contributed by atoms with Gasteiger partial charge in [-0.15, -0.1) is 0 Å². The number of unbranched alkanes of at least 4 members (excludes halogenated alkanes) is 1. The minimum absolute atomic E-state index is 0.0987. The Morgan fingerprint density at radius 3 is 1.50 bits per heavy atom. The predicted octanol–water partition coefficient (Wildman–Crippen LogP) is -7.60. The Kier molecular flexibility index (Phi) is 20.2. The quantitative estimate of drug-likeness (QED) is 0.0335. The third-order valence-corrected chi connectivity index (χ3v) is 10.3. The molecule has 2 aliphatic heterocycles. The number of hydrogen-bond acceptors (Lipinski definition) is 18. The van der Waals surface area contributed by atoms with Crippen LogP contribution in [0.4, 0.5) is 0 Å². The number of rotatable bonds is 23. The predicted molar refractivity (Wildman–Crippen MR) is 184 cm³/mol. The van der Waals surface area contributed by atoms with Crippen molar-refractivity contribution in [3.05, 3.63) is 0 Å². The summed E-state index contributed by atoms with van der Waals surface area (Å²) < 4.78 is 44.4. The number of aliphatic hydroxyl groups excluding tert-OH is 6. The highest BCUT2D eigenvalue weighted by Crippen LogP contribution is 2.38. The van der Waals surface area contributed by atoms with E-state index in [1.54, 1.807) is 0 Å². The lowest BCUT2D eigenvalue weighted by Gasteiger charge is -2.41. The van der Waals surface area contributed by atoms with Gasteiger partial charge in [-0.2, -0.15) is 0 Å². The number of carbonyl (C=O) groups excluding carboxylic acids is 3. The van der Waals surface area contributed by atoms with Gasteiger partial charge in [0, 0.05) is 0 Å². The molecule has 3 amide bonds. The van der Waals surface area contributed by atoms with Gasteiger partial charge >= 0.3 is 21.2 Å². The minimum Gasteiger partial charge on any atom is -0.480 e. The van der Waals surface area contributed by atoms with E-state index in [0.717, 1.165) is 0 Å². The Morgan fingerprint density at radius 2 is 1.09 bits per heavy atom. The fourth-order valence-electron chi connectivity index (χ4n) is 5.40. The second kappa shape index (κ2) is 22.7. The van der Waals surface area contributed by atoms with Crippen LogP contribution in [0.3, 0.4) is 0 Å². The Balaban J connectivity index is 2.32. The summed E-state index contributed by atoms with van der Waals surface area (Å²) in [7, 11) is -9.22. The molecule has 1 unspecified atom stereocenters. The first-order chi connectivity index (χ1) is 25.9. The van der Waals surface area contributed by atoms with Gasteiger partial charge < -0.3 is 102 Å². The molecule has 2 rings (SSSR count). The number of aliphatic hydroxyl groups is 6. The van der Waals surface area contributed by atoms with Crippen LogP contribution in [0.15, 0.2) is 0 Å². The molecule has 0 saturated carbocycles. The minimum atomic E-state index is -4.61. The zero-order valence-corrected chi connectivity index (χ0v) is 31.6. The molecule has 2 fully saturated rings. The Morgan fingerprint density at radius 1 is 0.661 bits per heavy atom. The summed E-state index contributed by atoms with van der Waals surface area (Å²) in [6.07, 6.45) is -20.0. The number of aliphatic carboxylic acids is 1. The molecule has 0 aliphatic carbocycles. The van der Waals surface area contributed by atoms with Gasteiger partial charge in [0.15, 0.2) is 12.6 Å². The summed E-state index contributed by atoms with van der Waals surface area (Å²) in [5.74, 6) is -4.91. The highest BCUT2D eigenvalue weighted by Gasteiger charge is 2.47. The van der Waals surface area contributed by atoms with Crippen LogP contribution in [0.1, 0.15) is 32.1 Å². The van der Waals surface area contributed by atoms with Crippen LogP contribution in [0.25, 0.3) is 0 Å². The van der Waals surface area contributed by atoms with Gasteiger partial charge in [0.25, 0.3) is 0 Å². The fourth-order valence-corrected chi connectivity index (χ4v) is 6.58. The molecule has 2 aliphatic rings. The van der Waals surface area contributed by atoms with Gasteiger partial charge in [-0.3, -0.25) is 28.3 Å². The van der Waals surface area contributed by atoms with Crippen molar-refractivity contribution >= 4 is 38.9 Å². The fraction of sp³-hybridized carbons (Fsp3) is 0.857. The van der Waals surface area contributed by atoms with Crippen molar-refractivity contribution < 1.29 is 103 Å². The summed E-state index contributed by atoms with van der Waals surface area (Å²) in [5, 5.41) is 77.7. The molecule has 18 N–H and O–H groups in total. The number of hydrogen-bond donors (Lipinski definition) is 16. The molecule has 326 valence electrons. The molecule has 0 bridgehead atoms. The summed E-state index contributed by atoms with van der Waals surface area (Å²) in [6.45, 7) is -2.58. The molecule has 0 spiro atoms. The number of amides is 3. The van der Waals surface area contributed by atoms with Gasteiger partial charge in [0.2, 0.25) is 17.7 Å². The number of ether oxygens (including phenoxy) is 4. The number of carboxylic acid groups (broad SMARTS) is 1. The number of nitrogens with two attached hydrogens (primary N) is 2. The van der Waals surface area contributed by atoms with Crippen LogP contribution < -0.4 is 27.4 Å². The summed E-state index contributed by atoms with van der Waals surface area (Å²) in [4.78, 5) is 87.8. The van der Waals surface area contributed by atoms with Crippen molar-refractivity contribution in [2.45, 2.75) is 112 Å². The van der Waals surface area contributed by atoms with E-state index < -0.39 is 163 Å². The Hall–Kier alpha value is -2.30. The van der Waals surface area contributed by atoms with Crippen LogP contribution in [0.2, 0.25) is 0 Å². The maximum Gasteiger partial charge on any atom is 0.325 e. The van der Waals surface area contributed by atoms with Crippen molar-refractivity contribution in [3.8, 4) is 0 Å². The molecule has 0 radical (unpaired) electrons. The van der Waals surface area contributed by atoms with Crippen molar-refractivity contribution in [2.75, 3.05) is 38.6 Å². The maximum atomic E-state index is 13.7. The molecule has 56 heavy (non-hydrogen) atoms. The number of carbonyl (C=O) groups is 4. The maximum absolute atomic E-state index is 13.7. The highest BCUT2D eigenvalue weighted by molar-refractivity contribution is 7.52. The van der Waals surface area contributed by atoms with E-state index in [2.05, 4.69) is 10.6 Å². The van der Waals surface area contributed by atoms with Gasteiger partial charge in [-0.25, -0.2) is 0 Å². The third-order valence-electron chi connectivity index (χ3n) is 8.59. The normalized spacial score (nSPS) is 30.1. The molecule has 0 aromatic rings. The van der Waals surface area contributed by atoms with Crippen LogP contribution >= 0.6 is 15.2 Å². The Labute approximate surface area is 319 Å². The standard InChI is InChI=1S/C28H53N5O21P2/c29-6-2-1-3-12(30)24(42)32-14(11-52-28-23(41)21(39)19(37)16(54-28)5-8-56(48,49)50)26(44)33-13(25(43)31-9-17(34)35)10-51-27-22(40)20(38)18(36)15(53-27)4-7-55(45,46)47/h12-16,18-23,27-28,36-41H,1-11,29-30H2,(H,31,43)(H,32,42)(H,33,44)(H,34,35)(H2,45,46,47)(H2,48,49,50)/t12-,13-,14-,15?,16+,18+,19+,20-,21-,22-,23-,27-,28-/m0/s1. The molecule has 26 nitrogen and oxygen atoms in total. The monoisotopic (exact) mass is 857 g/mol. The van der Waals surface area contributed by atoms with Crippen LogP contribution in [-0.4, -0.2) is 197 Å². The van der Waals surface area contributed by atoms with Gasteiger partial charge in [0.1, 0.15) is 55.3 Å². The summed E-state index contributed by atoms with van der Waals surface area (Å²) in [6, 6.07) is -4.94. The van der Waals surface area contributed by atoms with E-state index >= 15 is 0 Å². The Bertz CT molecular complexity index is 1390. The number of nitrogens with one attached hydrogen (secondary N) is 3. The molecular formula is C28H53N5O21P2. The third kappa shape index (κ3) is 16.5. The van der Waals surface area contributed by atoms with Crippen molar-refractivity contribution in [1.29, 1.82) is 0 Å². The largest absolute Gasteiger partial charge is 0.480 e. The van der Waals surface area contributed by atoms with E-state index in [9.17, 15) is 78.5 Å². The first kappa shape index (κ1) is 49.8. The first-order valence-corrected chi connectivity index (χ1v) is 20.8. The SMILES string of the molecule is NCCCC[C@H](N)C(=O)N[C@@H](CO[C@H]1O[C@H](CCP(=O)(O)O)[C@@H](O)[C@H](O)[C@@H]1O)C(=O)N[C@@H](CO[C@H]1OC(CCP(=O)(O)O)[C@@H](O)[C@H](O)[C@@H]1O)C(=O)NCC(=O)O. The van der Waals surface area contributed by atoms with E-state index in [1.165, 1.54) is 0 Å². The molecule has 0 aromatic carbocycles. The van der Waals surface area contributed by atoms with Crippen molar-refractivity contribution in [1.82, 2.24) is 16.0 Å². The van der Waals surface area contributed by atoms with Gasteiger partial charge in [0.05, 0.1) is 43.8 Å². The van der Waals surface area contributed by atoms with Crippen molar-refractivity contribution in [3.63, 3.8) is 0 Å². The van der Waals surface area contributed by atoms with E-state index in [-0.39, 0.29) is 13.0 Å². The summed E-state index contributed by atoms with van der Waals surface area (Å²) >= 11 is 0. The molecular weight excluding hydrogens is 804 g/mol. The van der Waals surface area contributed by atoms with Crippen LogP contribution in [-0.2, 0) is 47.3 Å². The van der Waals surface area contributed by atoms with Crippen LogP contribution in [0, 0.1) is 0 Å². The van der Waals surface area contributed by atoms with Gasteiger partial charge in [-0.05, 0) is 32.2 Å². The average molecular weight is 858 g/mol. The first-order valence-electron chi connectivity index (χ1n) is 17.2. The average Bonchev–Trinajstić information content (AvgIpc) is 3.11. The highest BCUT2D eigenvalue weighted by atomic mass is 31.2. The topological polar surface area (TPSA) is 450 Å². The lowest BCUT2D eigenvalue weighted by molar-refractivity contribution is -0.298. The molecule has 2 heterocycles. The van der Waals surface area contributed by atoms with Crippen molar-refractivity contribution in [2.24, 2.45) is 11.5 Å². The van der Waals surface area contributed by atoms with E-state index in [0.29, 0.717) is 12.8 Å². The van der Waals surface area contributed by atoms with Crippen LogP contribution in [0.5, 0.6) is 0 Å². The van der Waals surface area contributed by atoms with E-state index in [4.69, 9.17) is 35.5 Å². The molecule has 28 heteroatoms. The lowest BCUT2D eigenvalue weighted by Crippen LogP contribution is -2.61. The smallest absolute Gasteiger partial charge is 0.325 e. The molecule has 2 saturated heterocycles. The molecule has 13 atom stereocenters. The number of carboxylic acids is 1. The zero-order chi connectivity index (χ0) is 42.5. The second-order valence-electron chi connectivity index (χ2n) is 13.2.